The molecule has 2 unspecified atom stereocenters. The third-order valence-corrected chi connectivity index (χ3v) is 8.94. The number of nitrogens with one attached hydrogen (secondary N) is 3. The van der Waals surface area contributed by atoms with E-state index < -0.39 is 72.5 Å². The van der Waals surface area contributed by atoms with Crippen molar-refractivity contribution in [3.8, 4) is 0 Å². The molecule has 0 bridgehead atoms. The van der Waals surface area contributed by atoms with E-state index in [4.69, 9.17) is 5.11 Å². The standard InChI is InChI=1S/C33H41F5N6O5/c1-3-27(46)40-26(30(48)44-14-12-43(2)13-15-44)17-20-4-7-25(24(34)16-20)41-29(47)28(21-8-10-32(35,36)11-9-21)42-31(49)33(37,38)22-5-6-23(19-45)39-18-22/h4-7,16,18,21,26,28,45H,3,8-15,17,19H2,1-2H3,(H,40,46)(H,41,47)(H,42,49). The number of rotatable bonds is 12. The molecule has 2 aromatic rings. The number of piperazine rings is 1. The fourth-order valence-electron chi connectivity index (χ4n) is 5.84. The molecule has 0 spiro atoms. The van der Waals surface area contributed by atoms with Crippen molar-refractivity contribution in [1.29, 1.82) is 0 Å². The maximum Gasteiger partial charge on any atom is 0.351 e. The summed E-state index contributed by atoms with van der Waals surface area (Å²) in [6, 6.07) is 2.97. The smallest absolute Gasteiger partial charge is 0.351 e. The minimum atomic E-state index is -4.18. The highest BCUT2D eigenvalue weighted by molar-refractivity contribution is 5.98. The van der Waals surface area contributed by atoms with Crippen molar-refractivity contribution in [2.45, 2.75) is 76.0 Å². The molecule has 1 aromatic carbocycles. The lowest BCUT2D eigenvalue weighted by atomic mass is 9.81. The molecule has 4 amide bonds. The largest absolute Gasteiger partial charge is 0.390 e. The first kappa shape index (κ1) is 37.6. The third-order valence-electron chi connectivity index (χ3n) is 8.94. The molecular weight excluding hydrogens is 655 g/mol. The van der Waals surface area contributed by atoms with E-state index in [1.807, 2.05) is 12.4 Å². The molecule has 4 rings (SSSR count). The van der Waals surface area contributed by atoms with E-state index in [1.165, 1.54) is 12.1 Å². The summed E-state index contributed by atoms with van der Waals surface area (Å²) < 4.78 is 73.6. The van der Waals surface area contributed by atoms with Crippen LogP contribution in [0.2, 0.25) is 0 Å². The molecule has 2 aliphatic rings. The average Bonchev–Trinajstić information content (AvgIpc) is 3.08. The van der Waals surface area contributed by atoms with Gasteiger partial charge in [0, 0.05) is 63.6 Å². The second-order valence-corrected chi connectivity index (χ2v) is 12.5. The Morgan fingerprint density at radius 3 is 2.29 bits per heavy atom. The van der Waals surface area contributed by atoms with Crippen LogP contribution in [0.4, 0.5) is 27.6 Å². The minimum Gasteiger partial charge on any atom is -0.390 e. The minimum absolute atomic E-state index is 0.0553. The van der Waals surface area contributed by atoms with Crippen LogP contribution in [0.25, 0.3) is 0 Å². The van der Waals surface area contributed by atoms with Crippen molar-refractivity contribution in [2.24, 2.45) is 5.92 Å². The van der Waals surface area contributed by atoms with Gasteiger partial charge in [0.2, 0.25) is 23.6 Å². The van der Waals surface area contributed by atoms with Crippen LogP contribution in [0.3, 0.4) is 0 Å². The number of carbonyl (C=O) groups excluding carboxylic acids is 4. The Morgan fingerprint density at radius 2 is 1.71 bits per heavy atom. The molecule has 2 heterocycles. The summed E-state index contributed by atoms with van der Waals surface area (Å²) in [7, 11) is 1.93. The van der Waals surface area contributed by atoms with Gasteiger partial charge in [0.25, 0.3) is 5.91 Å². The van der Waals surface area contributed by atoms with Crippen LogP contribution >= 0.6 is 0 Å². The Kier molecular flexibility index (Phi) is 12.3. The van der Waals surface area contributed by atoms with Crippen molar-refractivity contribution >= 4 is 29.3 Å². The van der Waals surface area contributed by atoms with Gasteiger partial charge in [-0.3, -0.25) is 24.2 Å². The summed E-state index contributed by atoms with van der Waals surface area (Å²) in [4.78, 5) is 59.2. The molecular formula is C33H41F5N6O5. The van der Waals surface area contributed by atoms with E-state index in [0.717, 1.165) is 18.2 Å². The fourth-order valence-corrected chi connectivity index (χ4v) is 5.84. The van der Waals surface area contributed by atoms with Crippen molar-refractivity contribution < 1.29 is 46.2 Å². The first-order valence-electron chi connectivity index (χ1n) is 16.1. The molecule has 49 heavy (non-hydrogen) atoms. The number of nitrogens with zero attached hydrogens (tertiary/aromatic N) is 3. The number of likely N-dealkylation sites (N-methyl/N-ethyl adjacent to an activating group) is 1. The number of carbonyl (C=O) groups is 4. The number of hydrogen-bond donors (Lipinski definition) is 4. The SMILES string of the molecule is CCC(=O)NC(Cc1ccc(NC(=O)C(NC(=O)C(F)(F)c2ccc(CO)nc2)C2CCC(F)(F)CC2)c(F)c1)C(=O)N1CCN(C)CC1. The first-order valence-corrected chi connectivity index (χ1v) is 16.1. The van der Waals surface area contributed by atoms with Gasteiger partial charge >= 0.3 is 5.92 Å². The molecule has 1 aliphatic carbocycles. The lowest BCUT2D eigenvalue weighted by molar-refractivity contribution is -0.150. The number of aliphatic hydroxyl groups excluding tert-OH is 1. The van der Waals surface area contributed by atoms with Gasteiger partial charge in [-0.05, 0) is 55.6 Å². The Bertz CT molecular complexity index is 1490. The van der Waals surface area contributed by atoms with E-state index in [2.05, 4.69) is 20.5 Å². The summed E-state index contributed by atoms with van der Waals surface area (Å²) in [5.74, 6) is -12.8. The number of anilines is 1. The number of aliphatic hydroxyl groups is 1. The van der Waals surface area contributed by atoms with Gasteiger partial charge in [0.05, 0.1) is 18.0 Å². The van der Waals surface area contributed by atoms with Gasteiger partial charge in [0.15, 0.2) is 0 Å². The lowest BCUT2D eigenvalue weighted by Gasteiger charge is -2.35. The van der Waals surface area contributed by atoms with E-state index in [0.29, 0.717) is 37.9 Å². The monoisotopic (exact) mass is 696 g/mol. The van der Waals surface area contributed by atoms with Gasteiger partial charge in [-0.25, -0.2) is 13.2 Å². The Hall–Kier alpha value is -4.18. The van der Waals surface area contributed by atoms with Crippen molar-refractivity contribution in [3.05, 3.63) is 59.2 Å². The molecule has 2 atom stereocenters. The van der Waals surface area contributed by atoms with Crippen LogP contribution in [-0.4, -0.2) is 94.8 Å². The van der Waals surface area contributed by atoms with Crippen molar-refractivity contribution in [3.63, 3.8) is 0 Å². The molecule has 1 aromatic heterocycles. The zero-order valence-electron chi connectivity index (χ0n) is 27.3. The molecule has 4 N–H and O–H groups in total. The number of pyridine rings is 1. The third kappa shape index (κ3) is 9.71. The topological polar surface area (TPSA) is 144 Å². The fraction of sp³-hybridized carbons (Fsp3) is 0.545. The van der Waals surface area contributed by atoms with Gasteiger partial charge < -0.3 is 30.9 Å². The van der Waals surface area contributed by atoms with E-state index in [9.17, 15) is 28.0 Å². The second-order valence-electron chi connectivity index (χ2n) is 12.5. The van der Waals surface area contributed by atoms with Crippen LogP contribution in [-0.2, 0) is 38.1 Å². The molecule has 1 saturated carbocycles. The number of alkyl halides is 4. The summed E-state index contributed by atoms with van der Waals surface area (Å²) in [6.07, 6.45) is -1.02. The molecule has 16 heteroatoms. The highest BCUT2D eigenvalue weighted by Gasteiger charge is 2.46. The zero-order valence-corrected chi connectivity index (χ0v) is 27.3. The quantitative estimate of drug-likeness (QED) is 0.250. The molecule has 11 nitrogen and oxygen atoms in total. The van der Waals surface area contributed by atoms with Gasteiger partial charge in [-0.2, -0.15) is 8.78 Å². The Balaban J connectivity index is 1.51. The molecule has 1 saturated heterocycles. The molecule has 1 aliphatic heterocycles. The molecule has 2 fully saturated rings. The summed E-state index contributed by atoms with van der Waals surface area (Å²) in [6.45, 7) is 3.34. The summed E-state index contributed by atoms with van der Waals surface area (Å²) in [5.41, 5.74) is -0.794. The highest BCUT2D eigenvalue weighted by atomic mass is 19.3. The predicted molar refractivity (Wildman–Crippen MR) is 168 cm³/mol. The Morgan fingerprint density at radius 1 is 1.04 bits per heavy atom. The second kappa shape index (κ2) is 16.0. The normalized spacial score (nSPS) is 18.3. The maximum atomic E-state index is 15.4. The predicted octanol–water partition coefficient (Wildman–Crippen LogP) is 2.97. The zero-order chi connectivity index (χ0) is 35.9. The van der Waals surface area contributed by atoms with Crippen LogP contribution in [0.15, 0.2) is 36.5 Å². The van der Waals surface area contributed by atoms with E-state index in [1.54, 1.807) is 11.8 Å². The highest BCUT2D eigenvalue weighted by Crippen LogP contribution is 2.38. The van der Waals surface area contributed by atoms with Crippen molar-refractivity contribution in [1.82, 2.24) is 25.4 Å². The van der Waals surface area contributed by atoms with Gasteiger partial charge in [-0.1, -0.05) is 13.0 Å². The lowest BCUT2D eigenvalue weighted by Crippen LogP contribution is -2.54. The molecule has 268 valence electrons. The summed E-state index contributed by atoms with van der Waals surface area (Å²) >= 11 is 0. The Labute approximate surface area is 280 Å². The maximum absolute atomic E-state index is 15.4. The number of benzene rings is 1. The first-order chi connectivity index (χ1) is 23.1. The summed E-state index contributed by atoms with van der Waals surface area (Å²) in [5, 5.41) is 16.1. The van der Waals surface area contributed by atoms with Crippen LogP contribution in [0.5, 0.6) is 0 Å². The van der Waals surface area contributed by atoms with Crippen LogP contribution < -0.4 is 16.0 Å². The molecule has 0 radical (unpaired) electrons. The number of halogens is 5. The van der Waals surface area contributed by atoms with E-state index >= 15 is 13.2 Å². The number of aromatic nitrogens is 1. The van der Waals surface area contributed by atoms with Gasteiger partial charge in [-0.15, -0.1) is 0 Å². The van der Waals surface area contributed by atoms with Gasteiger partial charge in [0.1, 0.15) is 17.9 Å². The average molecular weight is 697 g/mol. The number of amides is 4. The van der Waals surface area contributed by atoms with E-state index in [-0.39, 0.29) is 48.9 Å². The number of hydrogen-bond acceptors (Lipinski definition) is 7. The van der Waals surface area contributed by atoms with Crippen LogP contribution in [0.1, 0.15) is 55.8 Å². The van der Waals surface area contributed by atoms with Crippen molar-refractivity contribution in [2.75, 3.05) is 38.5 Å². The van der Waals surface area contributed by atoms with Crippen LogP contribution in [0, 0.1) is 11.7 Å².